The number of hydrogen-bond acceptors (Lipinski definition) is 3. The quantitative estimate of drug-likeness (QED) is 0.724. The summed E-state index contributed by atoms with van der Waals surface area (Å²) in [6, 6.07) is 17.7. The molecular weight excluding hydrogens is 274 g/mol. The molecule has 0 radical (unpaired) electrons. The standard InChI is InChI=1S/C18H15N3O/c22-18-14-10-11-19-15-9-5-4-8-13(15)16(14)20-17(21-18)12-6-2-1-3-7-12/h1-9,19H,10-11H2,(H,20,21,22). The zero-order chi connectivity index (χ0) is 14.9. The molecule has 0 saturated carbocycles. The predicted molar refractivity (Wildman–Crippen MR) is 87.9 cm³/mol. The van der Waals surface area contributed by atoms with Crippen molar-refractivity contribution in [3.8, 4) is 22.6 Å². The second kappa shape index (κ2) is 5.15. The fraction of sp³-hybridized carbons (Fsp3) is 0.111. The van der Waals surface area contributed by atoms with E-state index >= 15 is 0 Å². The Morgan fingerprint density at radius 1 is 0.955 bits per heavy atom. The Morgan fingerprint density at radius 2 is 1.73 bits per heavy atom. The SMILES string of the molecule is O=c1[nH]c(-c2ccccc2)nc2c1CCNc1ccccc1-2. The molecule has 3 aromatic rings. The third kappa shape index (κ3) is 2.09. The van der Waals surface area contributed by atoms with E-state index in [9.17, 15) is 4.79 Å². The van der Waals surface area contributed by atoms with Crippen LogP contribution in [0.2, 0.25) is 0 Å². The van der Waals surface area contributed by atoms with Crippen molar-refractivity contribution < 1.29 is 0 Å². The Labute approximate surface area is 127 Å². The molecule has 2 heterocycles. The maximum Gasteiger partial charge on any atom is 0.255 e. The van der Waals surface area contributed by atoms with Crippen LogP contribution in [0.3, 0.4) is 0 Å². The molecule has 2 aromatic carbocycles. The summed E-state index contributed by atoms with van der Waals surface area (Å²) in [5.41, 5.74) is 4.40. The van der Waals surface area contributed by atoms with E-state index in [1.807, 2.05) is 54.6 Å². The molecule has 0 spiro atoms. The first-order valence-corrected chi connectivity index (χ1v) is 7.35. The van der Waals surface area contributed by atoms with E-state index in [2.05, 4.69) is 10.3 Å². The van der Waals surface area contributed by atoms with Crippen LogP contribution in [0.4, 0.5) is 5.69 Å². The second-order valence-electron chi connectivity index (χ2n) is 5.33. The van der Waals surface area contributed by atoms with Crippen LogP contribution in [0.15, 0.2) is 59.4 Å². The van der Waals surface area contributed by atoms with E-state index in [4.69, 9.17) is 4.98 Å². The molecule has 0 saturated heterocycles. The summed E-state index contributed by atoms with van der Waals surface area (Å²) < 4.78 is 0. The van der Waals surface area contributed by atoms with E-state index in [-0.39, 0.29) is 5.56 Å². The smallest absolute Gasteiger partial charge is 0.255 e. The van der Waals surface area contributed by atoms with Crippen LogP contribution in [0.25, 0.3) is 22.6 Å². The summed E-state index contributed by atoms with van der Waals surface area (Å²) in [6.45, 7) is 0.736. The number of nitrogens with zero attached hydrogens (tertiary/aromatic N) is 1. The molecule has 0 bridgehead atoms. The van der Waals surface area contributed by atoms with Crippen LogP contribution < -0.4 is 10.9 Å². The van der Waals surface area contributed by atoms with Crippen molar-refractivity contribution >= 4 is 5.69 Å². The highest BCUT2D eigenvalue weighted by Gasteiger charge is 2.19. The maximum atomic E-state index is 12.5. The number of aromatic nitrogens is 2. The minimum Gasteiger partial charge on any atom is -0.384 e. The lowest BCUT2D eigenvalue weighted by atomic mass is 10.0. The van der Waals surface area contributed by atoms with Crippen molar-refractivity contribution in [1.29, 1.82) is 0 Å². The number of para-hydroxylation sites is 1. The Balaban J connectivity index is 1.99. The number of H-pyrrole nitrogens is 1. The lowest BCUT2D eigenvalue weighted by Gasteiger charge is -2.09. The largest absolute Gasteiger partial charge is 0.384 e. The van der Waals surface area contributed by atoms with E-state index < -0.39 is 0 Å². The summed E-state index contributed by atoms with van der Waals surface area (Å²) in [4.78, 5) is 20.2. The molecule has 0 amide bonds. The van der Waals surface area contributed by atoms with Gasteiger partial charge in [0.1, 0.15) is 5.82 Å². The molecule has 0 atom stereocenters. The topological polar surface area (TPSA) is 57.8 Å². The van der Waals surface area contributed by atoms with Gasteiger partial charge in [-0.3, -0.25) is 4.79 Å². The molecule has 4 nitrogen and oxygen atoms in total. The van der Waals surface area contributed by atoms with Crippen LogP contribution in [-0.4, -0.2) is 16.5 Å². The zero-order valence-corrected chi connectivity index (χ0v) is 12.0. The molecule has 1 aliphatic rings. The molecule has 4 rings (SSSR count). The van der Waals surface area contributed by atoms with E-state index in [1.54, 1.807) is 0 Å². The van der Waals surface area contributed by atoms with Crippen molar-refractivity contribution in [3.05, 3.63) is 70.5 Å². The molecule has 4 heteroatoms. The first-order valence-electron chi connectivity index (χ1n) is 7.35. The van der Waals surface area contributed by atoms with Crippen LogP contribution in [0, 0.1) is 0 Å². The fourth-order valence-corrected chi connectivity index (χ4v) is 2.85. The number of aromatic amines is 1. The lowest BCUT2D eigenvalue weighted by Crippen LogP contribution is -2.18. The molecule has 22 heavy (non-hydrogen) atoms. The van der Waals surface area contributed by atoms with Crippen LogP contribution >= 0.6 is 0 Å². The van der Waals surface area contributed by atoms with E-state index in [1.165, 1.54) is 0 Å². The molecule has 0 aliphatic carbocycles. The molecular formula is C18H15N3O. The minimum absolute atomic E-state index is 0.0534. The Bertz CT molecular complexity index is 884. The van der Waals surface area contributed by atoms with Gasteiger partial charge < -0.3 is 10.3 Å². The first-order chi connectivity index (χ1) is 10.8. The van der Waals surface area contributed by atoms with Crippen molar-refractivity contribution in [3.63, 3.8) is 0 Å². The van der Waals surface area contributed by atoms with Gasteiger partial charge in [0, 0.05) is 28.9 Å². The lowest BCUT2D eigenvalue weighted by molar-refractivity contribution is 0.976. The number of hydrogen-bond donors (Lipinski definition) is 2. The molecule has 1 aliphatic heterocycles. The highest BCUT2D eigenvalue weighted by atomic mass is 16.1. The average molecular weight is 289 g/mol. The van der Waals surface area contributed by atoms with Crippen molar-refractivity contribution in [2.45, 2.75) is 6.42 Å². The van der Waals surface area contributed by atoms with Gasteiger partial charge in [-0.1, -0.05) is 48.5 Å². The van der Waals surface area contributed by atoms with Gasteiger partial charge in [0.15, 0.2) is 0 Å². The molecule has 0 unspecified atom stereocenters. The van der Waals surface area contributed by atoms with Crippen LogP contribution in [0.5, 0.6) is 0 Å². The van der Waals surface area contributed by atoms with Gasteiger partial charge in [0.2, 0.25) is 0 Å². The fourth-order valence-electron chi connectivity index (χ4n) is 2.85. The average Bonchev–Trinajstić information content (AvgIpc) is 2.76. The van der Waals surface area contributed by atoms with E-state index in [0.717, 1.165) is 34.6 Å². The highest BCUT2D eigenvalue weighted by molar-refractivity contribution is 5.79. The maximum absolute atomic E-state index is 12.5. The van der Waals surface area contributed by atoms with Gasteiger partial charge in [0.05, 0.1) is 5.69 Å². The molecule has 0 fully saturated rings. The summed E-state index contributed by atoms with van der Waals surface area (Å²) in [5.74, 6) is 0.612. The normalized spacial score (nSPS) is 12.7. The summed E-state index contributed by atoms with van der Waals surface area (Å²) in [6.07, 6.45) is 0.668. The highest BCUT2D eigenvalue weighted by Crippen LogP contribution is 2.31. The Kier molecular flexibility index (Phi) is 3.00. The van der Waals surface area contributed by atoms with Gasteiger partial charge >= 0.3 is 0 Å². The molecule has 108 valence electrons. The molecule has 1 aromatic heterocycles. The Morgan fingerprint density at radius 3 is 2.59 bits per heavy atom. The predicted octanol–water partition coefficient (Wildman–Crippen LogP) is 3.07. The van der Waals surface area contributed by atoms with Crippen molar-refractivity contribution in [2.75, 3.05) is 11.9 Å². The van der Waals surface area contributed by atoms with E-state index in [0.29, 0.717) is 12.2 Å². The molecule has 2 N–H and O–H groups in total. The van der Waals surface area contributed by atoms with Gasteiger partial charge in [-0.15, -0.1) is 0 Å². The monoisotopic (exact) mass is 289 g/mol. The van der Waals surface area contributed by atoms with Gasteiger partial charge in [-0.2, -0.15) is 0 Å². The third-order valence-electron chi connectivity index (χ3n) is 3.94. The van der Waals surface area contributed by atoms with Gasteiger partial charge in [-0.05, 0) is 12.5 Å². The van der Waals surface area contributed by atoms with Gasteiger partial charge in [0.25, 0.3) is 5.56 Å². The first kappa shape index (κ1) is 12.8. The van der Waals surface area contributed by atoms with Crippen molar-refractivity contribution in [2.24, 2.45) is 0 Å². The Hall–Kier alpha value is -2.88. The summed E-state index contributed by atoms with van der Waals surface area (Å²) >= 11 is 0. The summed E-state index contributed by atoms with van der Waals surface area (Å²) in [5, 5.41) is 3.37. The second-order valence-corrected chi connectivity index (χ2v) is 5.33. The van der Waals surface area contributed by atoms with Crippen LogP contribution in [0.1, 0.15) is 5.56 Å². The van der Waals surface area contributed by atoms with Crippen LogP contribution in [-0.2, 0) is 6.42 Å². The number of fused-ring (bicyclic) bond motifs is 3. The number of rotatable bonds is 1. The van der Waals surface area contributed by atoms with Crippen molar-refractivity contribution in [1.82, 2.24) is 9.97 Å². The minimum atomic E-state index is -0.0534. The zero-order valence-electron chi connectivity index (χ0n) is 12.0. The van der Waals surface area contributed by atoms with Gasteiger partial charge in [-0.25, -0.2) is 4.98 Å². The number of anilines is 1. The number of benzene rings is 2. The summed E-state index contributed by atoms with van der Waals surface area (Å²) in [7, 11) is 0. The number of nitrogens with one attached hydrogen (secondary N) is 2. The third-order valence-corrected chi connectivity index (χ3v) is 3.94.